The third-order valence-electron chi connectivity index (χ3n) is 8.82. The number of ketones is 2. The highest BCUT2D eigenvalue weighted by molar-refractivity contribution is 6.25. The number of anilines is 1. The number of phenolic OH excluding ortho intramolecular Hbond substituents is 1. The van der Waals surface area contributed by atoms with Crippen LogP contribution in [0.25, 0.3) is 0 Å². The summed E-state index contributed by atoms with van der Waals surface area (Å²) in [7, 11) is 6.79. The predicted molar refractivity (Wildman–Crippen MR) is 147 cm³/mol. The average Bonchev–Trinajstić information content (AvgIpc) is 3.34. The predicted octanol–water partition coefficient (Wildman–Crippen LogP) is 0.475. The summed E-state index contributed by atoms with van der Waals surface area (Å²) in [5, 5.41) is 45.6. The van der Waals surface area contributed by atoms with Crippen molar-refractivity contribution in [3.63, 3.8) is 0 Å². The maximum Gasteiger partial charge on any atom is 0.255 e. The monoisotopic (exact) mass is 566 g/mol. The molecule has 0 fully saturated rings. The first-order valence-electron chi connectivity index (χ1n) is 13.3. The first-order valence-corrected chi connectivity index (χ1v) is 13.3. The number of aliphatic hydroxyl groups is 3. The van der Waals surface area contributed by atoms with Gasteiger partial charge in [0.1, 0.15) is 29.1 Å². The number of allylic oxidation sites excluding steroid dienone is 1. The number of fused-ring (bicyclic) bond motifs is 3. The van der Waals surface area contributed by atoms with E-state index in [1.165, 1.54) is 4.90 Å². The molecular weight excluding hydrogens is 532 g/mol. The molecule has 41 heavy (non-hydrogen) atoms. The van der Waals surface area contributed by atoms with E-state index in [1.807, 2.05) is 9.80 Å². The molecule has 5 rings (SSSR count). The zero-order chi connectivity index (χ0) is 30.1. The van der Waals surface area contributed by atoms with Crippen molar-refractivity contribution in [1.29, 1.82) is 0 Å². The van der Waals surface area contributed by atoms with Crippen molar-refractivity contribution in [3.05, 3.63) is 57.2 Å². The van der Waals surface area contributed by atoms with Crippen molar-refractivity contribution in [2.24, 2.45) is 17.6 Å². The lowest BCUT2D eigenvalue weighted by molar-refractivity contribution is -0.148. The molecular formula is C29H34N4O8. The number of aldehydes is 1. The Morgan fingerprint density at radius 2 is 1.88 bits per heavy atom. The van der Waals surface area contributed by atoms with E-state index >= 15 is 0 Å². The lowest BCUT2D eigenvalue weighted by Crippen LogP contribution is -2.63. The summed E-state index contributed by atoms with van der Waals surface area (Å²) >= 11 is 0. The van der Waals surface area contributed by atoms with Crippen LogP contribution in [-0.4, -0.2) is 100 Å². The van der Waals surface area contributed by atoms with Crippen LogP contribution in [0.15, 0.2) is 40.5 Å². The minimum atomic E-state index is -2.69. The van der Waals surface area contributed by atoms with Crippen LogP contribution in [0, 0.1) is 11.8 Å². The molecule has 0 saturated carbocycles. The minimum absolute atomic E-state index is 0.0220. The summed E-state index contributed by atoms with van der Waals surface area (Å²) in [6.07, 6.45) is 3.28. The number of likely N-dealkylation sites (N-methyl/N-ethyl adjacent to an activating group) is 1. The maximum atomic E-state index is 14.1. The van der Waals surface area contributed by atoms with Crippen molar-refractivity contribution in [1.82, 2.24) is 9.80 Å². The normalized spacial score (nSPS) is 27.5. The molecule has 1 heterocycles. The van der Waals surface area contributed by atoms with Crippen LogP contribution >= 0.6 is 0 Å². The number of aliphatic hydroxyl groups excluding tert-OH is 2. The van der Waals surface area contributed by atoms with Crippen LogP contribution in [0.2, 0.25) is 0 Å². The summed E-state index contributed by atoms with van der Waals surface area (Å²) in [5.74, 6) is -6.79. The lowest BCUT2D eigenvalue weighted by atomic mass is 9.58. The van der Waals surface area contributed by atoms with Gasteiger partial charge in [-0.3, -0.25) is 24.1 Å². The van der Waals surface area contributed by atoms with Crippen LogP contribution < -0.4 is 10.6 Å². The van der Waals surface area contributed by atoms with Gasteiger partial charge in [0.2, 0.25) is 5.78 Å². The molecule has 4 aliphatic rings. The second kappa shape index (κ2) is 9.74. The van der Waals surface area contributed by atoms with Crippen molar-refractivity contribution in [2.45, 2.75) is 37.5 Å². The maximum absolute atomic E-state index is 14.1. The first-order chi connectivity index (χ1) is 19.2. The van der Waals surface area contributed by atoms with Gasteiger partial charge >= 0.3 is 0 Å². The topological polar surface area (TPSA) is 185 Å². The molecule has 218 valence electrons. The summed E-state index contributed by atoms with van der Waals surface area (Å²) in [4.78, 5) is 56.1. The Morgan fingerprint density at radius 1 is 1.20 bits per heavy atom. The molecule has 1 aliphatic heterocycles. The molecule has 12 nitrogen and oxygen atoms in total. The molecule has 1 amide bonds. The fourth-order valence-electron chi connectivity index (χ4n) is 6.94. The smallest absolute Gasteiger partial charge is 0.255 e. The minimum Gasteiger partial charge on any atom is -0.510 e. The number of aromatic hydroxyl groups is 1. The number of phenols is 1. The van der Waals surface area contributed by atoms with Gasteiger partial charge in [0, 0.05) is 61.7 Å². The molecule has 1 aromatic carbocycles. The largest absolute Gasteiger partial charge is 0.510 e. The molecule has 0 spiro atoms. The number of hydrogen-bond donors (Lipinski definition) is 5. The third-order valence-corrected chi connectivity index (χ3v) is 8.82. The number of hydrogen-bond acceptors (Lipinski definition) is 11. The van der Waals surface area contributed by atoms with Gasteiger partial charge in [-0.1, -0.05) is 0 Å². The van der Waals surface area contributed by atoms with Crippen molar-refractivity contribution in [3.8, 4) is 5.75 Å². The van der Waals surface area contributed by atoms with Gasteiger partial charge in [-0.2, -0.15) is 0 Å². The van der Waals surface area contributed by atoms with Gasteiger partial charge in [0.25, 0.3) is 5.91 Å². The Kier molecular flexibility index (Phi) is 6.74. The fourth-order valence-corrected chi connectivity index (χ4v) is 6.94. The Hall–Kier alpha value is -4.16. The Balaban J connectivity index is 1.67. The van der Waals surface area contributed by atoms with Crippen LogP contribution in [-0.2, 0) is 27.3 Å². The lowest BCUT2D eigenvalue weighted by Gasteiger charge is -2.50. The van der Waals surface area contributed by atoms with Crippen LogP contribution in [0.4, 0.5) is 5.69 Å². The van der Waals surface area contributed by atoms with E-state index in [9.17, 15) is 39.6 Å². The number of carbonyl (C=O) groups excluding carboxylic acids is 4. The number of amides is 1. The SMILES string of the molecule is CN(C)c1cc(CN2C=C(C=O)CC2)c(O)c2c1C[C@H]1C[C@H]3[C@H](N(C)C)C(O)=C(C(N)=O)C(=O)[C@@]3(O)C(O)=C1C2=O. The number of carbonyl (C=O) groups is 4. The number of nitrogens with zero attached hydrogens (tertiary/aromatic N) is 3. The molecule has 0 aromatic heterocycles. The number of rotatable bonds is 6. The number of nitrogens with two attached hydrogens (primary N) is 1. The fraction of sp³-hybridized carbons (Fsp3) is 0.448. The second-order valence-electron chi connectivity index (χ2n) is 11.7. The summed E-state index contributed by atoms with van der Waals surface area (Å²) in [5.41, 5.74) is 3.91. The zero-order valence-corrected chi connectivity index (χ0v) is 23.3. The second-order valence-corrected chi connectivity index (χ2v) is 11.7. The molecule has 0 unspecified atom stereocenters. The van der Waals surface area contributed by atoms with Crippen LogP contribution in [0.3, 0.4) is 0 Å². The highest BCUT2D eigenvalue weighted by Crippen LogP contribution is 2.53. The molecule has 4 atom stereocenters. The van der Waals surface area contributed by atoms with Crippen LogP contribution in [0.5, 0.6) is 5.75 Å². The van der Waals surface area contributed by atoms with E-state index in [0.717, 1.165) is 6.29 Å². The van der Waals surface area contributed by atoms with E-state index in [2.05, 4.69) is 0 Å². The van der Waals surface area contributed by atoms with Gasteiger partial charge in [0.05, 0.1) is 11.6 Å². The van der Waals surface area contributed by atoms with E-state index < -0.39 is 58.0 Å². The zero-order valence-electron chi connectivity index (χ0n) is 23.3. The van der Waals surface area contributed by atoms with Crippen molar-refractivity contribution >= 4 is 29.4 Å². The van der Waals surface area contributed by atoms with E-state index in [4.69, 9.17) is 5.73 Å². The summed E-state index contributed by atoms with van der Waals surface area (Å²) in [6, 6.07) is 0.747. The molecule has 0 bridgehead atoms. The van der Waals surface area contributed by atoms with Gasteiger partial charge in [-0.05, 0) is 50.9 Å². The summed E-state index contributed by atoms with van der Waals surface area (Å²) in [6.45, 7) is 0.788. The molecule has 1 aromatic rings. The Labute approximate surface area is 236 Å². The highest BCUT2D eigenvalue weighted by Gasteiger charge is 2.63. The molecule has 3 aliphatic carbocycles. The number of benzene rings is 1. The van der Waals surface area contributed by atoms with Crippen LogP contribution in [0.1, 0.15) is 34.3 Å². The van der Waals surface area contributed by atoms with Gasteiger partial charge < -0.3 is 36.0 Å². The molecule has 0 saturated heterocycles. The van der Waals surface area contributed by atoms with E-state index in [1.54, 1.807) is 40.5 Å². The Bertz CT molecular complexity index is 1490. The highest BCUT2D eigenvalue weighted by atomic mass is 16.3. The summed E-state index contributed by atoms with van der Waals surface area (Å²) < 4.78 is 0. The van der Waals surface area contributed by atoms with E-state index in [-0.39, 0.29) is 36.3 Å². The van der Waals surface area contributed by atoms with Gasteiger partial charge in [-0.15, -0.1) is 0 Å². The molecule has 12 heteroatoms. The third kappa shape index (κ3) is 4.04. The Morgan fingerprint density at radius 3 is 2.44 bits per heavy atom. The van der Waals surface area contributed by atoms with Gasteiger partial charge in [0.15, 0.2) is 11.4 Å². The van der Waals surface area contributed by atoms with Crippen molar-refractivity contribution in [2.75, 3.05) is 39.6 Å². The van der Waals surface area contributed by atoms with Gasteiger partial charge in [-0.25, -0.2) is 0 Å². The quantitative estimate of drug-likeness (QED) is 0.238. The molecule has 6 N–H and O–H groups in total. The van der Waals surface area contributed by atoms with E-state index in [0.29, 0.717) is 35.4 Å². The molecule has 0 radical (unpaired) electrons. The standard InChI is InChI=1S/C29H34N4O8/c1-31(2)18-9-15(11-33-6-5-13(10-33)12-34)23(35)20-16(18)7-14-8-17-22(32(3)4)25(37)21(28(30)40)27(39)29(17,41)26(38)19(14)24(20)36/h9-10,12,14,17,22,35,37-38,41H,5-8,11H2,1-4H3,(H2,30,40)/t14-,17-,22-,29-/m0/s1. The number of Topliss-reactive ketones (excluding diaryl/α,β-unsaturated/α-hetero) is 2. The van der Waals surface area contributed by atoms with Crippen molar-refractivity contribution < 1.29 is 39.6 Å². The number of primary amides is 1. The first kappa shape index (κ1) is 28.4. The average molecular weight is 567 g/mol.